The number of aliphatic hydroxyl groups is 1. The van der Waals surface area contributed by atoms with Gasteiger partial charge in [-0.1, -0.05) is 0 Å². The molecule has 1 aromatic rings. The molecule has 0 amide bonds. The highest BCUT2D eigenvalue weighted by molar-refractivity contribution is 5.42. The van der Waals surface area contributed by atoms with E-state index >= 15 is 0 Å². The van der Waals surface area contributed by atoms with Crippen molar-refractivity contribution in [1.29, 1.82) is 0 Å². The molecule has 1 heterocycles. The lowest BCUT2D eigenvalue weighted by molar-refractivity contribution is 0.234. The van der Waals surface area contributed by atoms with Gasteiger partial charge in [-0.25, -0.2) is 4.98 Å². The number of aromatic nitrogens is 2. The van der Waals surface area contributed by atoms with Crippen LogP contribution in [0.1, 0.15) is 20.8 Å². The van der Waals surface area contributed by atoms with Crippen molar-refractivity contribution in [2.75, 3.05) is 23.8 Å². The summed E-state index contributed by atoms with van der Waals surface area (Å²) in [6.07, 6.45) is 3.30. The van der Waals surface area contributed by atoms with Gasteiger partial charge in [-0.15, -0.1) is 0 Å². The lowest BCUT2D eigenvalue weighted by Gasteiger charge is -2.24. The van der Waals surface area contributed by atoms with Gasteiger partial charge < -0.3 is 15.7 Å². The Bertz CT molecular complexity index is 314. The fourth-order valence-electron chi connectivity index (χ4n) is 1.08. The van der Waals surface area contributed by atoms with Crippen molar-refractivity contribution in [1.82, 2.24) is 9.97 Å². The van der Waals surface area contributed by atoms with Crippen LogP contribution in [0.2, 0.25) is 0 Å². The zero-order chi connectivity index (χ0) is 11.3. The summed E-state index contributed by atoms with van der Waals surface area (Å²) >= 11 is 0. The lowest BCUT2D eigenvalue weighted by atomic mass is 10.1. The van der Waals surface area contributed by atoms with Crippen molar-refractivity contribution in [2.45, 2.75) is 26.3 Å². The second-order valence-corrected chi connectivity index (χ2v) is 3.99. The summed E-state index contributed by atoms with van der Waals surface area (Å²) in [5.74, 6) is 1.39. The molecule has 5 nitrogen and oxygen atoms in total. The first-order chi connectivity index (χ1) is 7.07. The first-order valence-electron chi connectivity index (χ1n) is 5.02. The van der Waals surface area contributed by atoms with E-state index in [0.717, 1.165) is 12.4 Å². The normalized spacial score (nSPS) is 11.2. The first-order valence-corrected chi connectivity index (χ1v) is 5.02. The Kier molecular flexibility index (Phi) is 3.85. The van der Waals surface area contributed by atoms with Crippen molar-refractivity contribution in [3.05, 3.63) is 12.4 Å². The molecule has 0 aliphatic heterocycles. The monoisotopic (exact) mass is 210 g/mol. The molecule has 0 saturated heterocycles. The maximum atomic E-state index is 9.10. The molecular formula is C10H18N4O. The SMILES string of the molecule is CCNc1cncc(NC(C)(C)CO)n1. The smallest absolute Gasteiger partial charge is 0.147 e. The number of rotatable bonds is 5. The van der Waals surface area contributed by atoms with Gasteiger partial charge >= 0.3 is 0 Å². The molecule has 1 rings (SSSR count). The molecule has 0 saturated carbocycles. The van der Waals surface area contributed by atoms with Crippen LogP contribution in [0, 0.1) is 0 Å². The Morgan fingerprint density at radius 3 is 2.60 bits per heavy atom. The summed E-state index contributed by atoms with van der Waals surface area (Å²) in [7, 11) is 0. The molecule has 0 fully saturated rings. The molecule has 84 valence electrons. The molecule has 0 bridgehead atoms. The molecule has 1 aromatic heterocycles. The van der Waals surface area contributed by atoms with Gasteiger partial charge in [-0.05, 0) is 20.8 Å². The van der Waals surface area contributed by atoms with Gasteiger partial charge in [0.2, 0.25) is 0 Å². The minimum absolute atomic E-state index is 0.0418. The highest BCUT2D eigenvalue weighted by atomic mass is 16.3. The van der Waals surface area contributed by atoms with Crippen molar-refractivity contribution >= 4 is 11.6 Å². The van der Waals surface area contributed by atoms with Crippen LogP contribution in [-0.2, 0) is 0 Å². The summed E-state index contributed by atoms with van der Waals surface area (Å²) < 4.78 is 0. The van der Waals surface area contributed by atoms with Gasteiger partial charge in [0.05, 0.1) is 24.5 Å². The van der Waals surface area contributed by atoms with E-state index in [0.29, 0.717) is 5.82 Å². The Morgan fingerprint density at radius 1 is 1.33 bits per heavy atom. The first kappa shape index (κ1) is 11.7. The number of hydrogen-bond donors (Lipinski definition) is 3. The van der Waals surface area contributed by atoms with Gasteiger partial charge in [0.1, 0.15) is 11.6 Å². The average molecular weight is 210 g/mol. The molecule has 0 atom stereocenters. The van der Waals surface area contributed by atoms with Gasteiger partial charge in [-0.2, -0.15) is 0 Å². The Balaban J connectivity index is 2.73. The molecule has 0 unspecified atom stereocenters. The Labute approximate surface area is 90.0 Å². The molecule has 3 N–H and O–H groups in total. The van der Waals surface area contributed by atoms with Crippen LogP contribution in [0.25, 0.3) is 0 Å². The van der Waals surface area contributed by atoms with E-state index in [1.54, 1.807) is 12.4 Å². The predicted molar refractivity (Wildman–Crippen MR) is 61.0 cm³/mol. The average Bonchev–Trinajstić information content (AvgIpc) is 2.18. The van der Waals surface area contributed by atoms with Crippen LogP contribution < -0.4 is 10.6 Å². The zero-order valence-electron chi connectivity index (χ0n) is 9.41. The van der Waals surface area contributed by atoms with Gasteiger partial charge in [0.25, 0.3) is 0 Å². The van der Waals surface area contributed by atoms with Crippen LogP contribution in [0.5, 0.6) is 0 Å². The van der Waals surface area contributed by atoms with Crippen molar-refractivity contribution in [2.24, 2.45) is 0 Å². The minimum atomic E-state index is -0.389. The van der Waals surface area contributed by atoms with E-state index in [-0.39, 0.29) is 12.1 Å². The van der Waals surface area contributed by atoms with E-state index < -0.39 is 0 Å². The second kappa shape index (κ2) is 4.93. The number of nitrogens with one attached hydrogen (secondary N) is 2. The third kappa shape index (κ3) is 3.71. The fourth-order valence-corrected chi connectivity index (χ4v) is 1.08. The topological polar surface area (TPSA) is 70.1 Å². The van der Waals surface area contributed by atoms with Crippen molar-refractivity contribution in [3.63, 3.8) is 0 Å². The number of aliphatic hydroxyl groups excluding tert-OH is 1. The van der Waals surface area contributed by atoms with Gasteiger partial charge in [0.15, 0.2) is 0 Å². The summed E-state index contributed by atoms with van der Waals surface area (Å²) in [6, 6.07) is 0. The molecule has 0 aromatic carbocycles. The summed E-state index contributed by atoms with van der Waals surface area (Å²) in [6.45, 7) is 6.64. The van der Waals surface area contributed by atoms with E-state index in [1.165, 1.54) is 0 Å². The van der Waals surface area contributed by atoms with Crippen LogP contribution in [-0.4, -0.2) is 33.8 Å². The van der Waals surface area contributed by atoms with Crippen molar-refractivity contribution in [3.8, 4) is 0 Å². The lowest BCUT2D eigenvalue weighted by Crippen LogP contribution is -2.35. The molecule has 0 radical (unpaired) electrons. The maximum absolute atomic E-state index is 9.10. The molecule has 0 spiro atoms. The van der Waals surface area contributed by atoms with Crippen LogP contribution in [0.15, 0.2) is 12.4 Å². The van der Waals surface area contributed by atoms with E-state index in [1.807, 2.05) is 20.8 Å². The Hall–Kier alpha value is -1.36. The highest BCUT2D eigenvalue weighted by Gasteiger charge is 2.16. The molecule has 5 heteroatoms. The largest absolute Gasteiger partial charge is 0.394 e. The van der Waals surface area contributed by atoms with Crippen LogP contribution in [0.4, 0.5) is 11.6 Å². The standard InChI is InChI=1S/C10H18N4O/c1-4-12-8-5-11-6-9(13-8)14-10(2,3)7-15/h5-6,15H,4,7H2,1-3H3,(H2,12,13,14). The number of anilines is 2. The van der Waals surface area contributed by atoms with E-state index in [2.05, 4.69) is 20.6 Å². The number of nitrogens with zero attached hydrogens (tertiary/aromatic N) is 2. The quantitative estimate of drug-likeness (QED) is 0.678. The number of hydrogen-bond acceptors (Lipinski definition) is 5. The summed E-state index contributed by atoms with van der Waals surface area (Å²) in [5.41, 5.74) is -0.389. The molecule has 15 heavy (non-hydrogen) atoms. The van der Waals surface area contributed by atoms with E-state index in [9.17, 15) is 0 Å². The third-order valence-corrected chi connectivity index (χ3v) is 1.85. The second-order valence-electron chi connectivity index (χ2n) is 3.99. The molecular weight excluding hydrogens is 192 g/mol. The molecule has 0 aliphatic carbocycles. The van der Waals surface area contributed by atoms with Gasteiger partial charge in [0, 0.05) is 6.54 Å². The zero-order valence-corrected chi connectivity index (χ0v) is 9.41. The molecule has 0 aliphatic rings. The Morgan fingerprint density at radius 2 is 2.00 bits per heavy atom. The van der Waals surface area contributed by atoms with Crippen molar-refractivity contribution < 1.29 is 5.11 Å². The minimum Gasteiger partial charge on any atom is -0.394 e. The van der Waals surface area contributed by atoms with Gasteiger partial charge in [-0.3, -0.25) is 4.98 Å². The summed E-state index contributed by atoms with van der Waals surface area (Å²) in [5, 5.41) is 15.3. The highest BCUT2D eigenvalue weighted by Crippen LogP contribution is 2.12. The maximum Gasteiger partial charge on any atom is 0.147 e. The van der Waals surface area contributed by atoms with Crippen LogP contribution >= 0.6 is 0 Å². The fraction of sp³-hybridized carbons (Fsp3) is 0.600. The summed E-state index contributed by atoms with van der Waals surface area (Å²) in [4.78, 5) is 8.35. The van der Waals surface area contributed by atoms with Crippen LogP contribution in [0.3, 0.4) is 0 Å². The predicted octanol–water partition coefficient (Wildman–Crippen LogP) is 1.09. The van der Waals surface area contributed by atoms with E-state index in [4.69, 9.17) is 5.11 Å². The third-order valence-electron chi connectivity index (χ3n) is 1.85.